The average Bonchev–Trinajstić information content (AvgIpc) is 2.52. The van der Waals surface area contributed by atoms with E-state index in [1.807, 2.05) is 18.9 Å². The van der Waals surface area contributed by atoms with E-state index < -0.39 is 0 Å². The first-order valence-electron chi connectivity index (χ1n) is 4.73. The second kappa shape index (κ2) is 6.22. The molecule has 1 saturated heterocycles. The van der Waals surface area contributed by atoms with E-state index in [-0.39, 0.29) is 12.4 Å². The van der Waals surface area contributed by atoms with Crippen LogP contribution in [-0.4, -0.2) is 37.0 Å². The van der Waals surface area contributed by atoms with E-state index >= 15 is 0 Å². The molecule has 1 atom stereocenters. The molecular weight excluding hydrogens is 188 g/mol. The van der Waals surface area contributed by atoms with Crippen molar-refractivity contribution in [2.24, 2.45) is 0 Å². The number of rotatable bonds is 3. The zero-order chi connectivity index (χ0) is 8.97. The van der Waals surface area contributed by atoms with Gasteiger partial charge in [-0.05, 0) is 19.9 Å². The lowest BCUT2D eigenvalue weighted by atomic mass is 10.3. The SMILES string of the molecule is CCCC(=O)N1CC[C@H](NC)C1.Cl. The van der Waals surface area contributed by atoms with Crippen LogP contribution in [0.25, 0.3) is 0 Å². The standard InChI is InChI=1S/C9H18N2O.ClH/c1-3-4-9(12)11-6-5-8(7-11)10-2;/h8,10H,3-7H2,1-2H3;1H/t8-;/m0./s1. The van der Waals surface area contributed by atoms with Crippen molar-refractivity contribution in [1.82, 2.24) is 10.2 Å². The molecule has 0 bridgehead atoms. The Balaban J connectivity index is 0.00000144. The van der Waals surface area contributed by atoms with Crippen molar-refractivity contribution < 1.29 is 4.79 Å². The average molecular weight is 207 g/mol. The maximum atomic E-state index is 11.4. The normalized spacial score (nSPS) is 21.4. The third-order valence-electron chi connectivity index (χ3n) is 2.41. The van der Waals surface area contributed by atoms with Gasteiger partial charge >= 0.3 is 0 Å². The van der Waals surface area contributed by atoms with Crippen molar-refractivity contribution >= 4 is 18.3 Å². The Hall–Kier alpha value is -0.280. The quantitative estimate of drug-likeness (QED) is 0.748. The maximum Gasteiger partial charge on any atom is 0.222 e. The minimum absolute atomic E-state index is 0. The summed E-state index contributed by atoms with van der Waals surface area (Å²) in [6.45, 7) is 3.88. The Morgan fingerprint density at radius 2 is 2.31 bits per heavy atom. The van der Waals surface area contributed by atoms with Crippen molar-refractivity contribution in [1.29, 1.82) is 0 Å². The molecule has 1 N–H and O–H groups in total. The fourth-order valence-corrected chi connectivity index (χ4v) is 1.59. The van der Waals surface area contributed by atoms with E-state index in [0.29, 0.717) is 18.4 Å². The van der Waals surface area contributed by atoms with Gasteiger partial charge < -0.3 is 10.2 Å². The van der Waals surface area contributed by atoms with Crippen molar-refractivity contribution in [3.63, 3.8) is 0 Å². The van der Waals surface area contributed by atoms with E-state index in [1.54, 1.807) is 0 Å². The maximum absolute atomic E-state index is 11.4. The topological polar surface area (TPSA) is 32.3 Å². The molecule has 1 heterocycles. The minimum Gasteiger partial charge on any atom is -0.341 e. The highest BCUT2D eigenvalue weighted by molar-refractivity contribution is 5.85. The third kappa shape index (κ3) is 3.53. The lowest BCUT2D eigenvalue weighted by Gasteiger charge is -2.15. The smallest absolute Gasteiger partial charge is 0.222 e. The number of halogens is 1. The van der Waals surface area contributed by atoms with Gasteiger partial charge in [-0.2, -0.15) is 0 Å². The van der Waals surface area contributed by atoms with E-state index in [4.69, 9.17) is 0 Å². The fourth-order valence-electron chi connectivity index (χ4n) is 1.59. The van der Waals surface area contributed by atoms with Gasteiger partial charge in [0.25, 0.3) is 0 Å². The largest absolute Gasteiger partial charge is 0.341 e. The van der Waals surface area contributed by atoms with Gasteiger partial charge in [0.05, 0.1) is 0 Å². The number of carbonyl (C=O) groups excluding carboxylic acids is 1. The van der Waals surface area contributed by atoms with Crippen LogP contribution in [0.5, 0.6) is 0 Å². The zero-order valence-electron chi connectivity index (χ0n) is 8.38. The van der Waals surface area contributed by atoms with Gasteiger partial charge in [-0.1, -0.05) is 6.92 Å². The molecule has 4 heteroatoms. The highest BCUT2D eigenvalue weighted by Gasteiger charge is 2.23. The Morgan fingerprint density at radius 3 is 2.77 bits per heavy atom. The van der Waals surface area contributed by atoms with Gasteiger partial charge in [0.1, 0.15) is 0 Å². The number of nitrogens with one attached hydrogen (secondary N) is 1. The summed E-state index contributed by atoms with van der Waals surface area (Å²) < 4.78 is 0. The van der Waals surface area contributed by atoms with E-state index in [9.17, 15) is 4.79 Å². The summed E-state index contributed by atoms with van der Waals surface area (Å²) >= 11 is 0. The number of nitrogens with zero attached hydrogens (tertiary/aromatic N) is 1. The number of amides is 1. The Kier molecular flexibility index (Phi) is 6.08. The molecule has 0 aromatic heterocycles. The molecule has 13 heavy (non-hydrogen) atoms. The van der Waals surface area contributed by atoms with Crippen molar-refractivity contribution in [2.75, 3.05) is 20.1 Å². The first-order valence-corrected chi connectivity index (χ1v) is 4.73. The summed E-state index contributed by atoms with van der Waals surface area (Å²) in [7, 11) is 1.96. The van der Waals surface area contributed by atoms with Crippen molar-refractivity contribution in [3.8, 4) is 0 Å². The molecule has 0 aromatic carbocycles. The first kappa shape index (κ1) is 12.7. The first-order chi connectivity index (χ1) is 5.77. The van der Waals surface area contributed by atoms with Crippen molar-refractivity contribution in [2.45, 2.75) is 32.2 Å². The van der Waals surface area contributed by atoms with Gasteiger partial charge in [0.15, 0.2) is 0 Å². The Labute approximate surface area is 86.3 Å². The van der Waals surface area contributed by atoms with Crippen LogP contribution in [0.1, 0.15) is 26.2 Å². The second-order valence-electron chi connectivity index (χ2n) is 3.36. The number of carbonyl (C=O) groups is 1. The van der Waals surface area contributed by atoms with Crippen LogP contribution in [0, 0.1) is 0 Å². The molecule has 0 radical (unpaired) electrons. The van der Waals surface area contributed by atoms with Gasteiger partial charge in [0, 0.05) is 25.6 Å². The van der Waals surface area contributed by atoms with Crippen LogP contribution in [0.15, 0.2) is 0 Å². The van der Waals surface area contributed by atoms with Gasteiger partial charge in [0.2, 0.25) is 5.91 Å². The molecule has 0 saturated carbocycles. The summed E-state index contributed by atoms with van der Waals surface area (Å²) in [5.74, 6) is 0.315. The molecule has 0 unspecified atom stereocenters. The monoisotopic (exact) mass is 206 g/mol. The van der Waals surface area contributed by atoms with Crippen LogP contribution in [0.4, 0.5) is 0 Å². The van der Waals surface area contributed by atoms with Crippen LogP contribution in [0.2, 0.25) is 0 Å². The van der Waals surface area contributed by atoms with Crippen LogP contribution < -0.4 is 5.32 Å². The molecule has 1 aliphatic heterocycles. The van der Waals surface area contributed by atoms with Crippen molar-refractivity contribution in [3.05, 3.63) is 0 Å². The van der Waals surface area contributed by atoms with Crippen LogP contribution in [-0.2, 0) is 4.79 Å². The summed E-state index contributed by atoms with van der Waals surface area (Å²) in [6.07, 6.45) is 2.77. The molecule has 0 aliphatic carbocycles. The molecule has 1 amide bonds. The summed E-state index contributed by atoms with van der Waals surface area (Å²) in [6, 6.07) is 0.519. The third-order valence-corrected chi connectivity index (χ3v) is 2.41. The molecule has 0 spiro atoms. The van der Waals surface area contributed by atoms with Crippen LogP contribution >= 0.6 is 12.4 Å². The predicted octanol–water partition coefficient (Wildman–Crippen LogP) is 1.03. The summed E-state index contributed by atoms with van der Waals surface area (Å²) in [5.41, 5.74) is 0. The number of hydrogen-bond acceptors (Lipinski definition) is 2. The van der Waals surface area contributed by atoms with E-state index in [1.165, 1.54) is 0 Å². The second-order valence-corrected chi connectivity index (χ2v) is 3.36. The lowest BCUT2D eigenvalue weighted by Crippen LogP contribution is -2.33. The highest BCUT2D eigenvalue weighted by Crippen LogP contribution is 2.10. The van der Waals surface area contributed by atoms with E-state index in [2.05, 4.69) is 5.32 Å². The summed E-state index contributed by atoms with van der Waals surface area (Å²) in [5, 5.41) is 3.20. The summed E-state index contributed by atoms with van der Waals surface area (Å²) in [4.78, 5) is 13.4. The van der Waals surface area contributed by atoms with E-state index in [0.717, 1.165) is 25.9 Å². The highest BCUT2D eigenvalue weighted by atomic mass is 35.5. The van der Waals surface area contributed by atoms with Gasteiger partial charge in [-0.15, -0.1) is 12.4 Å². The lowest BCUT2D eigenvalue weighted by molar-refractivity contribution is -0.130. The zero-order valence-corrected chi connectivity index (χ0v) is 9.19. The fraction of sp³-hybridized carbons (Fsp3) is 0.889. The van der Waals surface area contributed by atoms with Gasteiger partial charge in [-0.3, -0.25) is 4.79 Å². The Morgan fingerprint density at radius 1 is 1.62 bits per heavy atom. The molecular formula is C9H19ClN2O. The molecule has 78 valence electrons. The number of hydrogen-bond donors (Lipinski definition) is 1. The Bertz CT molecular complexity index is 164. The molecule has 0 aromatic rings. The molecule has 1 aliphatic rings. The molecule has 1 fully saturated rings. The number of likely N-dealkylation sites (tertiary alicyclic amines) is 1. The number of likely N-dealkylation sites (N-methyl/N-ethyl adjacent to an activating group) is 1. The van der Waals surface area contributed by atoms with Crippen LogP contribution in [0.3, 0.4) is 0 Å². The molecule has 1 rings (SSSR count). The molecule has 3 nitrogen and oxygen atoms in total. The minimum atomic E-state index is 0. The van der Waals surface area contributed by atoms with Gasteiger partial charge in [-0.25, -0.2) is 0 Å². The predicted molar refractivity (Wildman–Crippen MR) is 56.2 cm³/mol.